The average Bonchev–Trinajstić information content (AvgIpc) is 2.67. The molecule has 7 heteroatoms. The summed E-state index contributed by atoms with van der Waals surface area (Å²) in [5.74, 6) is -0.104. The maximum absolute atomic E-state index is 12.9. The Morgan fingerprint density at radius 2 is 2.00 bits per heavy atom. The van der Waals surface area contributed by atoms with E-state index in [1.807, 2.05) is 18.2 Å². The highest BCUT2D eigenvalue weighted by Gasteiger charge is 2.36. The van der Waals surface area contributed by atoms with Crippen LogP contribution in [0.15, 0.2) is 53.5 Å². The molecule has 0 saturated carbocycles. The fourth-order valence-corrected chi connectivity index (χ4v) is 3.50. The van der Waals surface area contributed by atoms with Crippen molar-refractivity contribution in [2.24, 2.45) is 0 Å². The number of amides is 1. The minimum absolute atomic E-state index is 0.104. The normalized spacial score (nSPS) is 20.2. The number of pyridine rings is 1. The molecule has 0 bridgehead atoms. The first-order valence-corrected chi connectivity index (χ1v) is 8.91. The molecule has 26 heavy (non-hydrogen) atoms. The second-order valence-electron chi connectivity index (χ2n) is 6.13. The van der Waals surface area contributed by atoms with Crippen molar-refractivity contribution in [3.8, 4) is 0 Å². The molecule has 1 saturated heterocycles. The molecule has 0 unspecified atom stereocenters. The average molecular weight is 377 g/mol. The SMILES string of the molecule is O=C(CCn1ccccc1=O)N1CCO[C@@H](CO)[C@@H]1c1ccccc1Cl. The van der Waals surface area contributed by atoms with Gasteiger partial charge >= 0.3 is 0 Å². The second kappa shape index (κ2) is 8.49. The largest absolute Gasteiger partial charge is 0.394 e. The van der Waals surface area contributed by atoms with Crippen LogP contribution in [0.3, 0.4) is 0 Å². The maximum atomic E-state index is 12.9. The number of aromatic nitrogens is 1. The van der Waals surface area contributed by atoms with Crippen LogP contribution in [0, 0.1) is 0 Å². The van der Waals surface area contributed by atoms with Crippen molar-refractivity contribution in [2.45, 2.75) is 25.1 Å². The summed E-state index contributed by atoms with van der Waals surface area (Å²) in [6.45, 7) is 0.852. The number of morpholine rings is 1. The number of hydrogen-bond acceptors (Lipinski definition) is 4. The molecule has 2 atom stereocenters. The summed E-state index contributed by atoms with van der Waals surface area (Å²) in [6.07, 6.45) is 1.31. The molecule has 0 radical (unpaired) electrons. The molecule has 1 amide bonds. The summed E-state index contributed by atoms with van der Waals surface area (Å²) in [6, 6.07) is 11.7. The number of aliphatic hydroxyl groups excluding tert-OH is 1. The summed E-state index contributed by atoms with van der Waals surface area (Å²) >= 11 is 6.32. The van der Waals surface area contributed by atoms with Crippen LogP contribution in [0.1, 0.15) is 18.0 Å². The van der Waals surface area contributed by atoms with E-state index in [0.717, 1.165) is 5.56 Å². The van der Waals surface area contributed by atoms with Crippen molar-refractivity contribution in [3.63, 3.8) is 0 Å². The van der Waals surface area contributed by atoms with Gasteiger partial charge in [0.05, 0.1) is 19.3 Å². The van der Waals surface area contributed by atoms with Crippen molar-refractivity contribution >= 4 is 17.5 Å². The molecule has 0 spiro atoms. The van der Waals surface area contributed by atoms with Crippen molar-refractivity contribution in [3.05, 3.63) is 69.6 Å². The minimum Gasteiger partial charge on any atom is -0.394 e. The molecule has 2 aromatic rings. The van der Waals surface area contributed by atoms with Crippen LogP contribution in [-0.4, -0.2) is 46.3 Å². The second-order valence-corrected chi connectivity index (χ2v) is 6.53. The Labute approximate surface area is 156 Å². The van der Waals surface area contributed by atoms with Crippen molar-refractivity contribution in [1.29, 1.82) is 0 Å². The molecule has 1 aliphatic heterocycles. The first-order valence-electron chi connectivity index (χ1n) is 8.53. The van der Waals surface area contributed by atoms with Crippen LogP contribution in [0.5, 0.6) is 0 Å². The van der Waals surface area contributed by atoms with Gasteiger partial charge in [-0.1, -0.05) is 35.9 Å². The number of halogens is 1. The molecule has 1 N–H and O–H groups in total. The van der Waals surface area contributed by atoms with Gasteiger partial charge in [0.15, 0.2) is 0 Å². The lowest BCUT2D eigenvalue weighted by molar-refractivity contribution is -0.150. The lowest BCUT2D eigenvalue weighted by Crippen LogP contribution is -2.49. The van der Waals surface area contributed by atoms with Gasteiger partial charge in [0.1, 0.15) is 6.10 Å². The van der Waals surface area contributed by atoms with Gasteiger partial charge in [-0.15, -0.1) is 0 Å². The fourth-order valence-electron chi connectivity index (χ4n) is 3.25. The number of ether oxygens (including phenoxy) is 1. The summed E-state index contributed by atoms with van der Waals surface area (Å²) < 4.78 is 7.16. The quantitative estimate of drug-likeness (QED) is 0.864. The van der Waals surface area contributed by atoms with Crippen molar-refractivity contribution < 1.29 is 14.6 Å². The van der Waals surface area contributed by atoms with Crippen molar-refractivity contribution in [2.75, 3.05) is 19.8 Å². The van der Waals surface area contributed by atoms with E-state index in [1.54, 1.807) is 29.3 Å². The molecule has 1 aromatic heterocycles. The van der Waals surface area contributed by atoms with Crippen LogP contribution < -0.4 is 5.56 Å². The number of carbonyl (C=O) groups excluding carboxylic acids is 1. The van der Waals surface area contributed by atoms with E-state index in [-0.39, 0.29) is 24.5 Å². The van der Waals surface area contributed by atoms with E-state index < -0.39 is 12.1 Å². The molecule has 6 nitrogen and oxygen atoms in total. The highest BCUT2D eigenvalue weighted by Crippen LogP contribution is 2.34. The van der Waals surface area contributed by atoms with Gasteiger partial charge in [-0.3, -0.25) is 9.59 Å². The molecule has 1 aliphatic rings. The third-order valence-corrected chi connectivity index (χ3v) is 4.89. The van der Waals surface area contributed by atoms with Crippen LogP contribution in [-0.2, 0) is 16.1 Å². The Morgan fingerprint density at radius 1 is 1.23 bits per heavy atom. The van der Waals surface area contributed by atoms with Crippen molar-refractivity contribution in [1.82, 2.24) is 9.47 Å². The predicted molar refractivity (Wildman–Crippen MR) is 98.1 cm³/mol. The molecule has 2 heterocycles. The lowest BCUT2D eigenvalue weighted by Gasteiger charge is -2.41. The molecular formula is C19H21ClN2O4. The molecule has 1 fully saturated rings. The molecule has 1 aromatic carbocycles. The molecule has 3 rings (SSSR count). The highest BCUT2D eigenvalue weighted by molar-refractivity contribution is 6.31. The Bertz CT molecular complexity index is 823. The van der Waals surface area contributed by atoms with Crippen LogP contribution in [0.25, 0.3) is 0 Å². The van der Waals surface area contributed by atoms with Crippen LogP contribution in [0.4, 0.5) is 0 Å². The monoisotopic (exact) mass is 376 g/mol. The first-order chi connectivity index (χ1) is 12.6. The number of aliphatic hydroxyl groups is 1. The summed E-state index contributed by atoms with van der Waals surface area (Å²) in [5, 5.41) is 10.2. The zero-order valence-corrected chi connectivity index (χ0v) is 15.0. The number of hydrogen-bond donors (Lipinski definition) is 1. The predicted octanol–water partition coefficient (Wildman–Crippen LogP) is 1.85. The van der Waals surface area contributed by atoms with Crippen LogP contribution in [0.2, 0.25) is 5.02 Å². The van der Waals surface area contributed by atoms with Gasteiger partial charge in [-0.25, -0.2) is 0 Å². The van der Waals surface area contributed by atoms with Gasteiger partial charge in [-0.2, -0.15) is 0 Å². The molecule has 138 valence electrons. The number of aryl methyl sites for hydroxylation is 1. The fraction of sp³-hybridized carbons (Fsp3) is 0.368. The molecule has 0 aliphatic carbocycles. The van der Waals surface area contributed by atoms with Gasteiger partial charge < -0.3 is 19.3 Å². The van der Waals surface area contributed by atoms with E-state index in [2.05, 4.69) is 0 Å². The lowest BCUT2D eigenvalue weighted by atomic mass is 9.97. The minimum atomic E-state index is -0.535. The summed E-state index contributed by atoms with van der Waals surface area (Å²) in [5.41, 5.74) is 0.608. The van der Waals surface area contributed by atoms with Gasteiger partial charge in [-0.05, 0) is 17.7 Å². The van der Waals surface area contributed by atoms with E-state index in [1.165, 1.54) is 10.6 Å². The zero-order valence-electron chi connectivity index (χ0n) is 14.3. The number of nitrogens with zero attached hydrogens (tertiary/aromatic N) is 2. The number of rotatable bonds is 5. The Kier molecular flexibility index (Phi) is 6.08. The Hall–Kier alpha value is -2.15. The van der Waals surface area contributed by atoms with E-state index in [0.29, 0.717) is 24.7 Å². The Morgan fingerprint density at radius 3 is 2.73 bits per heavy atom. The third-order valence-electron chi connectivity index (χ3n) is 4.54. The van der Waals surface area contributed by atoms with Gasteiger partial charge in [0, 0.05) is 36.8 Å². The molecular weight excluding hydrogens is 356 g/mol. The van der Waals surface area contributed by atoms with Crippen LogP contribution >= 0.6 is 11.6 Å². The van der Waals surface area contributed by atoms with E-state index >= 15 is 0 Å². The summed E-state index contributed by atoms with van der Waals surface area (Å²) in [4.78, 5) is 26.4. The van der Waals surface area contributed by atoms with Gasteiger partial charge in [0.2, 0.25) is 5.91 Å². The van der Waals surface area contributed by atoms with E-state index in [4.69, 9.17) is 16.3 Å². The summed E-state index contributed by atoms with van der Waals surface area (Å²) in [7, 11) is 0. The standard InChI is InChI=1S/C19H21ClN2O4/c20-15-6-2-1-5-14(15)19-16(13-23)26-12-11-22(19)18(25)8-10-21-9-4-3-7-17(21)24/h1-7,9,16,19,23H,8,10-13H2/t16-,19-/m0/s1. The van der Waals surface area contributed by atoms with Gasteiger partial charge in [0.25, 0.3) is 5.56 Å². The smallest absolute Gasteiger partial charge is 0.250 e. The topological polar surface area (TPSA) is 71.8 Å². The number of benzene rings is 1. The highest BCUT2D eigenvalue weighted by atomic mass is 35.5. The first kappa shape index (κ1) is 18.6. The Balaban J connectivity index is 1.81. The third kappa shape index (κ3) is 3.98. The number of carbonyl (C=O) groups is 1. The van der Waals surface area contributed by atoms with E-state index in [9.17, 15) is 14.7 Å². The maximum Gasteiger partial charge on any atom is 0.250 e. The zero-order chi connectivity index (χ0) is 18.5.